The number of fused-ring (bicyclic) bond motifs is 1. The maximum absolute atomic E-state index is 12.3. The highest BCUT2D eigenvalue weighted by Crippen LogP contribution is 2.21. The number of hydrogen-bond donors (Lipinski definition) is 3. The van der Waals surface area contributed by atoms with E-state index in [0.717, 1.165) is 0 Å². The van der Waals surface area contributed by atoms with Crippen LogP contribution in [0.1, 0.15) is 24.2 Å². The van der Waals surface area contributed by atoms with E-state index in [1.54, 1.807) is 42.5 Å². The second-order valence-corrected chi connectivity index (χ2v) is 5.92. The van der Waals surface area contributed by atoms with E-state index in [2.05, 4.69) is 20.7 Å². The summed E-state index contributed by atoms with van der Waals surface area (Å²) in [6.07, 6.45) is 0. The largest absolute Gasteiger partial charge is 0.478 e. The minimum atomic E-state index is -1.34. The van der Waals surface area contributed by atoms with E-state index < -0.39 is 11.6 Å². The third-order valence-corrected chi connectivity index (χ3v) is 3.58. The van der Waals surface area contributed by atoms with Crippen LogP contribution < -0.4 is 10.1 Å². The van der Waals surface area contributed by atoms with Gasteiger partial charge in [0, 0.05) is 11.3 Å². The molecule has 0 aliphatic rings. The first kappa shape index (κ1) is 16.4. The van der Waals surface area contributed by atoms with Gasteiger partial charge in [-0.3, -0.25) is 4.79 Å². The number of ether oxygens (including phenoxy) is 1. The van der Waals surface area contributed by atoms with Crippen LogP contribution in [0.25, 0.3) is 11.0 Å². The number of aliphatic carboxylic acids is 1. The topological polar surface area (TPSA) is 117 Å². The van der Waals surface area contributed by atoms with E-state index in [-0.39, 0.29) is 5.91 Å². The first-order chi connectivity index (χ1) is 11.8. The van der Waals surface area contributed by atoms with Crippen LogP contribution in [-0.2, 0) is 4.79 Å². The molecule has 0 radical (unpaired) electrons. The van der Waals surface area contributed by atoms with Crippen LogP contribution in [0.15, 0.2) is 42.5 Å². The summed E-state index contributed by atoms with van der Waals surface area (Å²) < 4.78 is 5.42. The molecule has 128 valence electrons. The van der Waals surface area contributed by atoms with Gasteiger partial charge >= 0.3 is 5.97 Å². The van der Waals surface area contributed by atoms with Gasteiger partial charge in [0.05, 0.1) is 0 Å². The Hall–Kier alpha value is -3.42. The molecule has 0 unspecified atom stereocenters. The predicted octanol–water partition coefficient (Wildman–Crippen LogP) is 2.45. The molecule has 0 saturated heterocycles. The number of H-pyrrole nitrogens is 1. The highest BCUT2D eigenvalue weighted by Gasteiger charge is 2.29. The number of carbonyl (C=O) groups excluding carboxylic acids is 1. The Balaban J connectivity index is 1.70. The van der Waals surface area contributed by atoms with Crippen LogP contribution in [0.2, 0.25) is 0 Å². The summed E-state index contributed by atoms with van der Waals surface area (Å²) in [5.74, 6) is -0.952. The Labute approximate surface area is 142 Å². The summed E-state index contributed by atoms with van der Waals surface area (Å²) in [6.45, 7) is 2.93. The second-order valence-electron chi connectivity index (χ2n) is 5.92. The summed E-state index contributed by atoms with van der Waals surface area (Å²) in [6, 6.07) is 11.5. The third-order valence-electron chi connectivity index (χ3n) is 3.58. The minimum Gasteiger partial charge on any atom is -0.478 e. The zero-order valence-electron chi connectivity index (χ0n) is 13.6. The van der Waals surface area contributed by atoms with Gasteiger partial charge in [-0.2, -0.15) is 15.4 Å². The lowest BCUT2D eigenvalue weighted by Crippen LogP contribution is -2.37. The van der Waals surface area contributed by atoms with Crippen LogP contribution in [0.4, 0.5) is 5.69 Å². The standard InChI is InChI=1S/C17H16N4O4/c1-17(2,16(23)24)25-12-6-4-11(5-7-12)18-15(22)10-3-8-13-14(9-10)20-21-19-13/h3-9H,1-2H3,(H,18,22)(H,23,24)(H,19,20,21). The Morgan fingerprint density at radius 3 is 2.44 bits per heavy atom. The van der Waals surface area contributed by atoms with E-state index in [4.69, 9.17) is 9.84 Å². The number of benzene rings is 2. The number of rotatable bonds is 5. The molecule has 3 N–H and O–H groups in total. The van der Waals surface area contributed by atoms with Crippen molar-refractivity contribution in [3.63, 3.8) is 0 Å². The maximum atomic E-state index is 12.3. The van der Waals surface area contributed by atoms with Crippen LogP contribution in [0.5, 0.6) is 5.75 Å². The van der Waals surface area contributed by atoms with Crippen molar-refractivity contribution >= 4 is 28.6 Å². The fourth-order valence-electron chi connectivity index (χ4n) is 2.13. The fourth-order valence-corrected chi connectivity index (χ4v) is 2.13. The van der Waals surface area contributed by atoms with Crippen molar-refractivity contribution in [2.45, 2.75) is 19.4 Å². The minimum absolute atomic E-state index is 0.288. The molecule has 2 aromatic carbocycles. The average Bonchev–Trinajstić information content (AvgIpc) is 3.03. The molecule has 1 heterocycles. The fraction of sp³-hybridized carbons (Fsp3) is 0.176. The number of aromatic amines is 1. The first-order valence-corrected chi connectivity index (χ1v) is 7.49. The monoisotopic (exact) mass is 340 g/mol. The van der Waals surface area contributed by atoms with Crippen molar-refractivity contribution in [3.05, 3.63) is 48.0 Å². The third kappa shape index (κ3) is 3.57. The smallest absolute Gasteiger partial charge is 0.347 e. The van der Waals surface area contributed by atoms with E-state index in [9.17, 15) is 9.59 Å². The molecule has 1 amide bonds. The second kappa shape index (κ2) is 6.23. The Morgan fingerprint density at radius 1 is 1.08 bits per heavy atom. The highest BCUT2D eigenvalue weighted by molar-refractivity contribution is 6.05. The zero-order valence-corrected chi connectivity index (χ0v) is 13.6. The van der Waals surface area contributed by atoms with Crippen molar-refractivity contribution in [3.8, 4) is 5.75 Å². The Bertz CT molecular complexity index is 931. The quantitative estimate of drug-likeness (QED) is 0.657. The van der Waals surface area contributed by atoms with Gasteiger partial charge in [-0.15, -0.1) is 0 Å². The van der Waals surface area contributed by atoms with Crippen LogP contribution in [-0.4, -0.2) is 38.0 Å². The number of carboxylic acid groups (broad SMARTS) is 1. The summed E-state index contributed by atoms with van der Waals surface area (Å²) in [5, 5.41) is 22.2. The molecule has 0 saturated carbocycles. The van der Waals surface area contributed by atoms with Crippen LogP contribution in [0.3, 0.4) is 0 Å². The van der Waals surface area contributed by atoms with Crippen molar-refractivity contribution < 1.29 is 19.4 Å². The molecule has 8 nitrogen and oxygen atoms in total. The van der Waals surface area contributed by atoms with Crippen molar-refractivity contribution in [1.82, 2.24) is 15.4 Å². The number of hydrogen-bond acceptors (Lipinski definition) is 5. The predicted molar refractivity (Wildman–Crippen MR) is 90.6 cm³/mol. The van der Waals surface area contributed by atoms with Gasteiger partial charge in [0.25, 0.3) is 5.91 Å². The van der Waals surface area contributed by atoms with Gasteiger partial charge in [0.15, 0.2) is 5.60 Å². The number of nitrogens with zero attached hydrogens (tertiary/aromatic N) is 2. The van der Waals surface area contributed by atoms with Gasteiger partial charge in [-0.05, 0) is 56.3 Å². The number of carbonyl (C=O) groups is 2. The Morgan fingerprint density at radius 2 is 1.76 bits per heavy atom. The number of carboxylic acids is 1. The van der Waals surface area contributed by atoms with Crippen LogP contribution in [0, 0.1) is 0 Å². The summed E-state index contributed by atoms with van der Waals surface area (Å²) >= 11 is 0. The number of amides is 1. The molecule has 0 spiro atoms. The number of aromatic nitrogens is 3. The zero-order chi connectivity index (χ0) is 18.0. The molecule has 8 heteroatoms. The molecule has 1 aromatic heterocycles. The van der Waals surface area contributed by atoms with E-state index in [1.165, 1.54) is 13.8 Å². The van der Waals surface area contributed by atoms with Crippen LogP contribution >= 0.6 is 0 Å². The SMILES string of the molecule is CC(C)(Oc1ccc(NC(=O)c2ccc3n[nH]nc3c2)cc1)C(=O)O. The molecule has 3 rings (SSSR count). The molecular formula is C17H16N4O4. The summed E-state index contributed by atoms with van der Waals surface area (Å²) in [7, 11) is 0. The van der Waals surface area contributed by atoms with E-state index in [1.807, 2.05) is 0 Å². The first-order valence-electron chi connectivity index (χ1n) is 7.49. The lowest BCUT2D eigenvalue weighted by atomic mass is 10.1. The molecule has 0 aliphatic carbocycles. The summed E-state index contributed by atoms with van der Waals surface area (Å²) in [5.41, 5.74) is 0.962. The molecule has 0 atom stereocenters. The van der Waals surface area contributed by atoms with E-state index in [0.29, 0.717) is 28.0 Å². The van der Waals surface area contributed by atoms with E-state index >= 15 is 0 Å². The molecule has 3 aromatic rings. The average molecular weight is 340 g/mol. The summed E-state index contributed by atoms with van der Waals surface area (Å²) in [4.78, 5) is 23.4. The number of anilines is 1. The highest BCUT2D eigenvalue weighted by atomic mass is 16.5. The number of nitrogens with one attached hydrogen (secondary N) is 2. The van der Waals surface area contributed by atoms with Gasteiger partial charge < -0.3 is 15.2 Å². The molecule has 0 bridgehead atoms. The Kier molecular flexibility index (Phi) is 4.10. The molecule has 0 fully saturated rings. The molecule has 0 aliphatic heterocycles. The van der Waals surface area contributed by atoms with Crippen molar-refractivity contribution in [2.24, 2.45) is 0 Å². The van der Waals surface area contributed by atoms with Crippen molar-refractivity contribution in [2.75, 3.05) is 5.32 Å². The lowest BCUT2D eigenvalue weighted by Gasteiger charge is -2.21. The van der Waals surface area contributed by atoms with Crippen molar-refractivity contribution in [1.29, 1.82) is 0 Å². The van der Waals surface area contributed by atoms with Gasteiger partial charge in [0.2, 0.25) is 0 Å². The van der Waals surface area contributed by atoms with Gasteiger partial charge in [0.1, 0.15) is 16.8 Å². The van der Waals surface area contributed by atoms with Gasteiger partial charge in [-0.25, -0.2) is 4.79 Å². The maximum Gasteiger partial charge on any atom is 0.347 e. The van der Waals surface area contributed by atoms with Gasteiger partial charge in [-0.1, -0.05) is 0 Å². The normalized spacial score (nSPS) is 11.3. The molecular weight excluding hydrogens is 324 g/mol. The lowest BCUT2D eigenvalue weighted by molar-refractivity contribution is -0.152. The molecule has 25 heavy (non-hydrogen) atoms.